The molecule has 37 heavy (non-hydrogen) atoms. The van der Waals surface area contributed by atoms with Crippen LogP contribution in [0.5, 0.6) is 17.2 Å². The Kier molecular flexibility index (Phi) is 6.51. The van der Waals surface area contributed by atoms with Crippen LogP contribution in [0.2, 0.25) is 0 Å². The fourth-order valence-electron chi connectivity index (χ4n) is 5.59. The van der Waals surface area contributed by atoms with Crippen LogP contribution in [-0.4, -0.2) is 39.0 Å². The van der Waals surface area contributed by atoms with E-state index in [4.69, 9.17) is 23.7 Å². The summed E-state index contributed by atoms with van der Waals surface area (Å²) in [5.74, 6) is 2.36. The zero-order valence-corrected chi connectivity index (χ0v) is 21.4. The number of fused-ring (bicyclic) bond motifs is 2. The minimum atomic E-state index is -0.225. The lowest BCUT2D eigenvalue weighted by Gasteiger charge is -2.29. The van der Waals surface area contributed by atoms with Crippen LogP contribution in [0.15, 0.2) is 48.5 Å². The van der Waals surface area contributed by atoms with Crippen LogP contribution in [-0.2, 0) is 33.7 Å². The Hall–Kier alpha value is -3.51. The van der Waals surface area contributed by atoms with Crippen molar-refractivity contribution in [2.75, 3.05) is 26.9 Å². The first-order valence-corrected chi connectivity index (χ1v) is 13.0. The Morgan fingerprint density at radius 1 is 1.05 bits per heavy atom. The van der Waals surface area contributed by atoms with Gasteiger partial charge in [0.2, 0.25) is 0 Å². The molecular weight excluding hydrogens is 468 g/mol. The molecule has 0 saturated carbocycles. The number of carbonyl (C=O) groups is 1. The molecule has 2 atom stereocenters. The van der Waals surface area contributed by atoms with Gasteiger partial charge in [0.25, 0.3) is 0 Å². The Labute approximate surface area is 217 Å². The van der Waals surface area contributed by atoms with E-state index < -0.39 is 0 Å². The third-order valence-corrected chi connectivity index (χ3v) is 7.64. The van der Waals surface area contributed by atoms with Crippen LogP contribution in [0, 0.1) is 6.92 Å². The SMILES string of the molecule is COC(=O)CC1COc2cc(OCc3cccc(-c4c(C)cc(OC5CCOC5)c5c4CC5)c3)ccc21. The third-order valence-electron chi connectivity index (χ3n) is 7.64. The van der Waals surface area contributed by atoms with Crippen molar-refractivity contribution in [2.24, 2.45) is 0 Å². The summed E-state index contributed by atoms with van der Waals surface area (Å²) >= 11 is 0. The van der Waals surface area contributed by atoms with Crippen molar-refractivity contribution in [1.82, 2.24) is 0 Å². The van der Waals surface area contributed by atoms with Gasteiger partial charge < -0.3 is 23.7 Å². The number of methoxy groups -OCH3 is 1. The van der Waals surface area contributed by atoms with E-state index in [0.29, 0.717) is 26.2 Å². The molecule has 0 aromatic heterocycles. The Balaban J connectivity index is 1.16. The predicted molar refractivity (Wildman–Crippen MR) is 140 cm³/mol. The Bertz CT molecular complexity index is 1320. The average molecular weight is 501 g/mol. The van der Waals surface area contributed by atoms with Crippen molar-refractivity contribution >= 4 is 5.97 Å². The number of hydrogen-bond acceptors (Lipinski definition) is 6. The maximum Gasteiger partial charge on any atom is 0.306 e. The predicted octanol–water partition coefficient (Wildman–Crippen LogP) is 5.55. The quantitative estimate of drug-likeness (QED) is 0.378. The largest absolute Gasteiger partial charge is 0.492 e. The maximum atomic E-state index is 11.7. The van der Waals surface area contributed by atoms with E-state index in [0.717, 1.165) is 54.2 Å². The van der Waals surface area contributed by atoms with Gasteiger partial charge in [-0.15, -0.1) is 0 Å². The first-order valence-electron chi connectivity index (χ1n) is 13.0. The molecule has 1 aliphatic carbocycles. The van der Waals surface area contributed by atoms with Gasteiger partial charge in [-0.1, -0.05) is 24.3 Å². The van der Waals surface area contributed by atoms with E-state index in [2.05, 4.69) is 37.3 Å². The van der Waals surface area contributed by atoms with Crippen molar-refractivity contribution in [2.45, 2.75) is 51.2 Å². The summed E-state index contributed by atoms with van der Waals surface area (Å²) in [5, 5.41) is 0. The summed E-state index contributed by atoms with van der Waals surface area (Å²) < 4.78 is 28.6. The van der Waals surface area contributed by atoms with Crippen LogP contribution in [0.25, 0.3) is 11.1 Å². The van der Waals surface area contributed by atoms with E-state index in [1.165, 1.54) is 34.9 Å². The Morgan fingerprint density at radius 3 is 2.73 bits per heavy atom. The minimum absolute atomic E-state index is 0.0253. The van der Waals surface area contributed by atoms with Crippen LogP contribution >= 0.6 is 0 Å². The summed E-state index contributed by atoms with van der Waals surface area (Å²) in [6.07, 6.45) is 3.59. The van der Waals surface area contributed by atoms with Gasteiger partial charge in [-0.3, -0.25) is 4.79 Å². The average Bonchev–Trinajstić information content (AvgIpc) is 3.54. The van der Waals surface area contributed by atoms with Gasteiger partial charge in [0.05, 0.1) is 33.4 Å². The van der Waals surface area contributed by atoms with E-state index in [1.54, 1.807) is 0 Å². The smallest absolute Gasteiger partial charge is 0.306 e. The number of ether oxygens (including phenoxy) is 5. The summed E-state index contributed by atoms with van der Waals surface area (Å²) in [7, 11) is 1.41. The van der Waals surface area contributed by atoms with Gasteiger partial charge in [0.15, 0.2) is 0 Å². The van der Waals surface area contributed by atoms with E-state index in [9.17, 15) is 4.79 Å². The molecule has 0 spiro atoms. The summed E-state index contributed by atoms with van der Waals surface area (Å²) in [5.41, 5.74) is 8.66. The highest BCUT2D eigenvalue weighted by Crippen LogP contribution is 2.43. The highest BCUT2D eigenvalue weighted by Gasteiger charge is 2.28. The van der Waals surface area contributed by atoms with Crippen molar-refractivity contribution in [3.8, 4) is 28.4 Å². The molecule has 6 heteroatoms. The number of rotatable bonds is 8. The number of benzene rings is 3. The summed E-state index contributed by atoms with van der Waals surface area (Å²) in [4.78, 5) is 11.7. The second-order valence-corrected chi connectivity index (χ2v) is 10.1. The number of carbonyl (C=O) groups excluding carboxylic acids is 1. The lowest BCUT2D eigenvalue weighted by molar-refractivity contribution is -0.141. The van der Waals surface area contributed by atoms with E-state index in [-0.39, 0.29) is 18.0 Å². The van der Waals surface area contributed by atoms with Crippen LogP contribution in [0.1, 0.15) is 46.6 Å². The second-order valence-electron chi connectivity index (χ2n) is 10.1. The molecule has 3 aromatic rings. The van der Waals surface area contributed by atoms with Gasteiger partial charge in [-0.25, -0.2) is 0 Å². The van der Waals surface area contributed by atoms with Crippen molar-refractivity contribution in [3.63, 3.8) is 0 Å². The molecular formula is C31H32O6. The molecule has 6 rings (SSSR count). The van der Waals surface area contributed by atoms with Crippen molar-refractivity contribution in [3.05, 3.63) is 76.3 Å². The fraction of sp³-hybridized carbons (Fsp3) is 0.387. The second kappa shape index (κ2) is 10.1. The van der Waals surface area contributed by atoms with E-state index >= 15 is 0 Å². The Morgan fingerprint density at radius 2 is 1.95 bits per heavy atom. The first-order chi connectivity index (χ1) is 18.1. The normalized spacial score (nSPS) is 19.4. The summed E-state index contributed by atoms with van der Waals surface area (Å²) in [6.45, 7) is 4.59. The van der Waals surface area contributed by atoms with Crippen LogP contribution in [0.4, 0.5) is 0 Å². The topological polar surface area (TPSA) is 63.2 Å². The van der Waals surface area contributed by atoms with Gasteiger partial charge in [0.1, 0.15) is 30.0 Å². The molecule has 1 fully saturated rings. The zero-order valence-electron chi connectivity index (χ0n) is 21.4. The number of aryl methyl sites for hydroxylation is 1. The summed E-state index contributed by atoms with van der Waals surface area (Å²) in [6, 6.07) is 16.7. The molecule has 1 saturated heterocycles. The molecule has 2 aliphatic heterocycles. The molecule has 192 valence electrons. The molecule has 3 aromatic carbocycles. The van der Waals surface area contributed by atoms with Gasteiger partial charge >= 0.3 is 5.97 Å². The molecule has 6 nitrogen and oxygen atoms in total. The van der Waals surface area contributed by atoms with Gasteiger partial charge in [-0.2, -0.15) is 0 Å². The molecule has 0 bridgehead atoms. The number of hydrogen-bond donors (Lipinski definition) is 0. The monoisotopic (exact) mass is 500 g/mol. The standard InChI is InChI=1S/C31H32O6/c1-19-12-29(37-24-10-11-34-18-24)26-8-9-27(26)31(19)21-5-3-4-20(13-21)16-35-23-6-7-25-22(14-30(32)33-2)17-36-28(25)15-23/h3-7,12-13,15,22,24H,8-11,14,16-18H2,1-2H3. The van der Waals surface area contributed by atoms with Crippen LogP contribution in [0.3, 0.4) is 0 Å². The molecule has 0 radical (unpaired) electrons. The molecule has 2 heterocycles. The lowest BCUT2D eigenvalue weighted by atomic mass is 9.79. The van der Waals surface area contributed by atoms with Gasteiger partial charge in [-0.05, 0) is 71.3 Å². The number of esters is 1. The maximum absolute atomic E-state index is 11.7. The van der Waals surface area contributed by atoms with Crippen LogP contribution < -0.4 is 14.2 Å². The molecule has 2 unspecified atom stereocenters. The third kappa shape index (κ3) is 4.78. The zero-order chi connectivity index (χ0) is 25.4. The lowest BCUT2D eigenvalue weighted by Crippen LogP contribution is -2.20. The van der Waals surface area contributed by atoms with Crippen molar-refractivity contribution < 1.29 is 28.5 Å². The highest BCUT2D eigenvalue weighted by molar-refractivity contribution is 5.76. The van der Waals surface area contributed by atoms with Crippen molar-refractivity contribution in [1.29, 1.82) is 0 Å². The van der Waals surface area contributed by atoms with E-state index in [1.807, 2.05) is 18.2 Å². The fourth-order valence-corrected chi connectivity index (χ4v) is 5.59. The minimum Gasteiger partial charge on any atom is -0.492 e. The highest BCUT2D eigenvalue weighted by atomic mass is 16.5. The molecule has 0 amide bonds. The molecule has 0 N–H and O–H groups in total. The van der Waals surface area contributed by atoms with Gasteiger partial charge in [0, 0.05) is 24.0 Å². The molecule has 3 aliphatic rings. The first kappa shape index (κ1) is 23.9.